The molecule has 2 N–H and O–H groups in total. The van der Waals surface area contributed by atoms with E-state index in [9.17, 15) is 4.79 Å². The van der Waals surface area contributed by atoms with Gasteiger partial charge in [-0.3, -0.25) is 14.6 Å². The molecular formula is C20H12Cl5N5O. The van der Waals surface area contributed by atoms with Gasteiger partial charge in [0.1, 0.15) is 10.7 Å². The number of H-pyrrole nitrogens is 1. The molecule has 4 aromatic rings. The van der Waals surface area contributed by atoms with Crippen LogP contribution in [0.5, 0.6) is 0 Å². The molecule has 0 saturated heterocycles. The summed E-state index contributed by atoms with van der Waals surface area (Å²) in [6.07, 6.45) is 1.59. The van der Waals surface area contributed by atoms with E-state index in [-0.39, 0.29) is 16.5 Å². The van der Waals surface area contributed by atoms with Gasteiger partial charge in [0.25, 0.3) is 5.91 Å². The maximum Gasteiger partial charge on any atom is 0.274 e. The number of aromatic amines is 1. The maximum absolute atomic E-state index is 12.6. The number of carbonyl (C=O) groups excluding carboxylic acids is 1. The number of nitrogens with zero attached hydrogens (tertiary/aromatic N) is 3. The molecule has 0 aliphatic rings. The van der Waals surface area contributed by atoms with Gasteiger partial charge in [-0.25, -0.2) is 0 Å². The number of hydrogen-bond acceptors (Lipinski definition) is 3. The first-order chi connectivity index (χ1) is 14.8. The van der Waals surface area contributed by atoms with Crippen LogP contribution < -0.4 is 5.32 Å². The summed E-state index contributed by atoms with van der Waals surface area (Å²) in [4.78, 5) is 12.6. The Morgan fingerprint density at radius 1 is 0.935 bits per heavy atom. The number of anilines is 1. The van der Waals surface area contributed by atoms with Crippen molar-refractivity contribution in [1.82, 2.24) is 20.0 Å². The van der Waals surface area contributed by atoms with E-state index in [0.717, 1.165) is 5.56 Å². The van der Waals surface area contributed by atoms with Crippen LogP contribution in [-0.2, 0) is 6.54 Å². The maximum atomic E-state index is 12.6. The van der Waals surface area contributed by atoms with E-state index in [1.807, 2.05) is 0 Å². The second kappa shape index (κ2) is 9.10. The van der Waals surface area contributed by atoms with Gasteiger partial charge < -0.3 is 5.32 Å². The first-order valence-corrected chi connectivity index (χ1v) is 10.7. The van der Waals surface area contributed by atoms with Gasteiger partial charge in [0.2, 0.25) is 0 Å². The van der Waals surface area contributed by atoms with Crippen LogP contribution in [0.15, 0.2) is 48.7 Å². The number of hydrogen-bond donors (Lipinski definition) is 2. The molecule has 0 saturated carbocycles. The summed E-state index contributed by atoms with van der Waals surface area (Å²) in [5.74, 6) is -0.252. The highest BCUT2D eigenvalue weighted by molar-refractivity contribution is 6.36. The predicted octanol–water partition coefficient (Wildman–Crippen LogP) is 6.84. The summed E-state index contributed by atoms with van der Waals surface area (Å²) in [5, 5.41) is 16.1. The lowest BCUT2D eigenvalue weighted by molar-refractivity contribution is 0.102. The summed E-state index contributed by atoms with van der Waals surface area (Å²) in [5.41, 5.74) is 2.16. The summed E-state index contributed by atoms with van der Waals surface area (Å²) in [6.45, 7) is 0.356. The monoisotopic (exact) mass is 513 g/mol. The number of nitrogens with one attached hydrogen (secondary N) is 2. The second-order valence-corrected chi connectivity index (χ2v) is 8.60. The first-order valence-electron chi connectivity index (χ1n) is 8.79. The third-order valence-electron chi connectivity index (χ3n) is 4.33. The topological polar surface area (TPSA) is 75.6 Å². The normalized spacial score (nSPS) is 11.0. The van der Waals surface area contributed by atoms with Crippen LogP contribution in [-0.4, -0.2) is 25.9 Å². The molecule has 11 heteroatoms. The first kappa shape index (κ1) is 22.0. The van der Waals surface area contributed by atoms with Gasteiger partial charge in [-0.2, -0.15) is 10.2 Å². The summed E-state index contributed by atoms with van der Waals surface area (Å²) in [6, 6.07) is 11.8. The van der Waals surface area contributed by atoms with E-state index in [2.05, 4.69) is 20.6 Å². The van der Waals surface area contributed by atoms with Crippen LogP contribution in [0.25, 0.3) is 11.3 Å². The van der Waals surface area contributed by atoms with E-state index in [4.69, 9.17) is 58.0 Å². The Bertz CT molecular complexity index is 1280. The fourth-order valence-corrected chi connectivity index (χ4v) is 4.01. The van der Waals surface area contributed by atoms with E-state index in [1.54, 1.807) is 53.3 Å². The smallest absolute Gasteiger partial charge is 0.274 e. The third-order valence-corrected chi connectivity index (χ3v) is 5.74. The molecule has 0 bridgehead atoms. The third kappa shape index (κ3) is 5.00. The average Bonchev–Trinajstić information content (AvgIpc) is 3.31. The van der Waals surface area contributed by atoms with Crippen molar-refractivity contribution in [3.8, 4) is 11.3 Å². The molecule has 6 nitrogen and oxygen atoms in total. The average molecular weight is 516 g/mol. The van der Waals surface area contributed by atoms with Gasteiger partial charge in [0.15, 0.2) is 5.82 Å². The summed E-state index contributed by atoms with van der Waals surface area (Å²) >= 11 is 30.5. The second-order valence-electron chi connectivity index (χ2n) is 6.50. The zero-order valence-corrected chi connectivity index (χ0v) is 19.2. The van der Waals surface area contributed by atoms with Crippen LogP contribution in [0.4, 0.5) is 5.82 Å². The number of carbonyl (C=O) groups is 1. The number of rotatable bonds is 5. The van der Waals surface area contributed by atoms with Crippen LogP contribution >= 0.6 is 58.0 Å². The molecule has 0 spiro atoms. The van der Waals surface area contributed by atoms with Gasteiger partial charge in [-0.15, -0.1) is 0 Å². The molecule has 2 aromatic heterocycles. The number of amides is 1. The highest BCUT2D eigenvalue weighted by atomic mass is 35.5. The zero-order chi connectivity index (χ0) is 22.1. The minimum atomic E-state index is -0.458. The lowest BCUT2D eigenvalue weighted by Crippen LogP contribution is -2.13. The molecule has 0 radical (unpaired) electrons. The largest absolute Gasteiger partial charge is 0.302 e. The molecule has 158 valence electrons. The number of halogens is 5. The summed E-state index contributed by atoms with van der Waals surface area (Å²) < 4.78 is 1.57. The fourth-order valence-electron chi connectivity index (χ4n) is 2.84. The molecule has 31 heavy (non-hydrogen) atoms. The predicted molar refractivity (Wildman–Crippen MR) is 125 cm³/mol. The highest BCUT2D eigenvalue weighted by Crippen LogP contribution is 2.30. The molecule has 0 fully saturated rings. The Morgan fingerprint density at radius 3 is 2.35 bits per heavy atom. The van der Waals surface area contributed by atoms with E-state index < -0.39 is 5.91 Å². The lowest BCUT2D eigenvalue weighted by Gasteiger charge is -2.05. The molecule has 0 unspecified atom stereocenters. The molecule has 2 aromatic carbocycles. The van der Waals surface area contributed by atoms with Crippen molar-refractivity contribution >= 4 is 69.7 Å². The SMILES string of the molecule is O=C(Nc1nn(Cc2ccc(Cl)cc2Cl)cc1Cl)c1cc(-c2ccc(Cl)cc2Cl)n[nH]1. The molecule has 4 rings (SSSR count). The zero-order valence-electron chi connectivity index (χ0n) is 15.5. The number of benzene rings is 2. The van der Waals surface area contributed by atoms with E-state index in [0.29, 0.717) is 37.9 Å². The van der Waals surface area contributed by atoms with Crippen LogP contribution in [0.1, 0.15) is 16.1 Å². The standard InChI is InChI=1S/C20H12Cl5N5O/c21-11-2-1-10(14(23)5-11)8-30-9-16(25)19(29-30)26-20(31)18-7-17(27-28-18)13-4-3-12(22)6-15(13)24/h1-7,9H,8H2,(H,27,28)(H,26,29,31). The Morgan fingerprint density at radius 2 is 1.65 bits per heavy atom. The highest BCUT2D eigenvalue weighted by Gasteiger charge is 2.17. The molecule has 0 atom stereocenters. The van der Waals surface area contributed by atoms with Crippen molar-refractivity contribution in [3.05, 3.63) is 85.0 Å². The van der Waals surface area contributed by atoms with E-state index >= 15 is 0 Å². The molecular weight excluding hydrogens is 504 g/mol. The quantitative estimate of drug-likeness (QED) is 0.306. The van der Waals surface area contributed by atoms with Gasteiger partial charge in [-0.1, -0.05) is 64.1 Å². The summed E-state index contributed by atoms with van der Waals surface area (Å²) in [7, 11) is 0. The van der Waals surface area contributed by atoms with E-state index in [1.165, 1.54) is 0 Å². The van der Waals surface area contributed by atoms with Gasteiger partial charge in [0.05, 0.1) is 17.3 Å². The Hall–Kier alpha value is -2.22. The van der Waals surface area contributed by atoms with Crippen molar-refractivity contribution in [3.63, 3.8) is 0 Å². The van der Waals surface area contributed by atoms with Gasteiger partial charge in [0, 0.05) is 26.8 Å². The molecule has 0 aliphatic heterocycles. The van der Waals surface area contributed by atoms with Crippen molar-refractivity contribution in [2.24, 2.45) is 0 Å². The lowest BCUT2D eigenvalue weighted by atomic mass is 10.1. The van der Waals surface area contributed by atoms with Crippen LogP contribution in [0, 0.1) is 0 Å². The minimum Gasteiger partial charge on any atom is -0.302 e. The van der Waals surface area contributed by atoms with Crippen molar-refractivity contribution in [2.45, 2.75) is 6.54 Å². The van der Waals surface area contributed by atoms with Crippen LogP contribution in [0.2, 0.25) is 25.1 Å². The molecule has 2 heterocycles. The van der Waals surface area contributed by atoms with Crippen molar-refractivity contribution < 1.29 is 4.79 Å². The Kier molecular flexibility index (Phi) is 6.46. The van der Waals surface area contributed by atoms with Gasteiger partial charge in [-0.05, 0) is 42.0 Å². The number of aromatic nitrogens is 4. The van der Waals surface area contributed by atoms with Crippen LogP contribution in [0.3, 0.4) is 0 Å². The van der Waals surface area contributed by atoms with Gasteiger partial charge >= 0.3 is 0 Å². The van der Waals surface area contributed by atoms with Crippen molar-refractivity contribution in [1.29, 1.82) is 0 Å². The van der Waals surface area contributed by atoms with Crippen molar-refractivity contribution in [2.75, 3.05) is 5.32 Å². The molecule has 0 aliphatic carbocycles. The molecule has 1 amide bonds. The minimum absolute atomic E-state index is 0.206. The Labute approximate surface area is 202 Å². The fraction of sp³-hybridized carbons (Fsp3) is 0.0500. The Balaban J connectivity index is 1.50.